The van der Waals surface area contributed by atoms with Gasteiger partial charge < -0.3 is 15.7 Å². The summed E-state index contributed by atoms with van der Waals surface area (Å²) >= 11 is 0. The van der Waals surface area contributed by atoms with Crippen molar-refractivity contribution in [3.63, 3.8) is 0 Å². The Hall–Kier alpha value is -2.56. The molecule has 0 aliphatic heterocycles. The summed E-state index contributed by atoms with van der Waals surface area (Å²) in [5.41, 5.74) is 4.13. The smallest absolute Gasteiger partial charge is 0.221 e. The van der Waals surface area contributed by atoms with E-state index in [1.807, 2.05) is 32.0 Å². The van der Waals surface area contributed by atoms with Crippen molar-refractivity contribution in [1.29, 1.82) is 0 Å². The first-order valence-electron chi connectivity index (χ1n) is 6.73. The summed E-state index contributed by atoms with van der Waals surface area (Å²) in [6.45, 7) is 5.74. The van der Waals surface area contributed by atoms with Crippen molar-refractivity contribution >= 4 is 17.3 Å². The third-order valence-electron chi connectivity index (χ3n) is 3.09. The summed E-state index contributed by atoms with van der Waals surface area (Å²) in [6.07, 6.45) is 0. The molecule has 0 saturated carbocycles. The summed E-state index contributed by atoms with van der Waals surface area (Å²) in [5, 5.41) is 15.8. The van der Waals surface area contributed by atoms with Gasteiger partial charge in [-0.15, -0.1) is 0 Å². The number of amides is 1. The number of rotatable bonds is 4. The van der Waals surface area contributed by atoms with Gasteiger partial charge >= 0.3 is 0 Å². The maximum atomic E-state index is 11.1. The van der Waals surface area contributed by atoms with Crippen LogP contribution in [0.5, 0.6) is 5.75 Å². The molecule has 110 valence electrons. The van der Waals surface area contributed by atoms with E-state index in [1.54, 1.807) is 12.1 Å². The van der Waals surface area contributed by atoms with Crippen molar-refractivity contribution in [2.75, 3.05) is 10.6 Å². The lowest BCUT2D eigenvalue weighted by Gasteiger charge is -2.12. The molecule has 5 nitrogen and oxygen atoms in total. The fourth-order valence-electron chi connectivity index (χ4n) is 2.01. The molecule has 0 fully saturated rings. The van der Waals surface area contributed by atoms with Crippen LogP contribution in [-0.4, -0.2) is 16.0 Å². The molecular weight excluding hydrogens is 266 g/mol. The van der Waals surface area contributed by atoms with Gasteiger partial charge in [-0.2, -0.15) is 0 Å². The molecule has 0 saturated heterocycles. The zero-order valence-corrected chi connectivity index (χ0v) is 12.4. The Morgan fingerprint density at radius 1 is 1.24 bits per heavy atom. The van der Waals surface area contributed by atoms with Gasteiger partial charge in [-0.05, 0) is 43.7 Å². The zero-order chi connectivity index (χ0) is 15.4. The fourth-order valence-corrected chi connectivity index (χ4v) is 2.01. The molecule has 3 N–H and O–H groups in total. The van der Waals surface area contributed by atoms with Gasteiger partial charge in [0.25, 0.3) is 0 Å². The Bertz CT molecular complexity index is 669. The Morgan fingerprint density at radius 2 is 2.00 bits per heavy atom. The molecule has 5 heteroatoms. The number of aromatic nitrogens is 1. The van der Waals surface area contributed by atoms with Crippen LogP contribution in [0.3, 0.4) is 0 Å². The van der Waals surface area contributed by atoms with E-state index in [9.17, 15) is 9.90 Å². The number of pyridine rings is 1. The summed E-state index contributed by atoms with van der Waals surface area (Å²) in [6, 6.07) is 9.05. The number of benzene rings is 1. The molecule has 0 spiro atoms. The largest absolute Gasteiger partial charge is 0.506 e. The molecule has 2 aromatic rings. The highest BCUT2D eigenvalue weighted by Crippen LogP contribution is 2.22. The first-order chi connectivity index (χ1) is 9.95. The summed E-state index contributed by atoms with van der Waals surface area (Å²) in [5.74, 6) is 0.0616. The van der Waals surface area contributed by atoms with Crippen LogP contribution in [0.1, 0.15) is 23.9 Å². The number of nitrogens with zero attached hydrogens (tertiary/aromatic N) is 1. The molecule has 1 aromatic carbocycles. The standard InChI is InChI=1S/C16H19N3O2/c1-10-4-6-13(19-12(3)20)8-14(10)17-9-15-16(21)7-5-11(2)18-15/h4-8,17,21H,9H2,1-3H3,(H,19,20). The van der Waals surface area contributed by atoms with Crippen LogP contribution in [0.25, 0.3) is 0 Å². The van der Waals surface area contributed by atoms with E-state index < -0.39 is 0 Å². The number of nitrogens with one attached hydrogen (secondary N) is 2. The number of hydrogen-bond donors (Lipinski definition) is 3. The molecule has 1 amide bonds. The van der Waals surface area contributed by atoms with Crippen LogP contribution in [0.2, 0.25) is 0 Å². The minimum absolute atomic E-state index is 0.109. The molecule has 1 heterocycles. The third kappa shape index (κ3) is 3.95. The van der Waals surface area contributed by atoms with Crippen LogP contribution in [0.4, 0.5) is 11.4 Å². The van der Waals surface area contributed by atoms with Gasteiger partial charge in [0.2, 0.25) is 5.91 Å². The van der Waals surface area contributed by atoms with E-state index >= 15 is 0 Å². The number of carbonyl (C=O) groups is 1. The molecule has 0 radical (unpaired) electrons. The molecular formula is C16H19N3O2. The topological polar surface area (TPSA) is 74.2 Å². The van der Waals surface area contributed by atoms with E-state index in [4.69, 9.17) is 0 Å². The molecule has 0 aliphatic rings. The first-order valence-corrected chi connectivity index (χ1v) is 6.73. The minimum atomic E-state index is -0.109. The molecule has 0 bridgehead atoms. The van der Waals surface area contributed by atoms with Crippen molar-refractivity contribution in [1.82, 2.24) is 4.98 Å². The normalized spacial score (nSPS) is 10.2. The summed E-state index contributed by atoms with van der Waals surface area (Å²) in [7, 11) is 0. The minimum Gasteiger partial charge on any atom is -0.506 e. The lowest BCUT2D eigenvalue weighted by molar-refractivity contribution is -0.114. The van der Waals surface area contributed by atoms with Gasteiger partial charge in [0.15, 0.2) is 0 Å². The highest BCUT2D eigenvalue weighted by Gasteiger charge is 2.06. The second-order valence-corrected chi connectivity index (χ2v) is 4.98. The van der Waals surface area contributed by atoms with Crippen LogP contribution >= 0.6 is 0 Å². The van der Waals surface area contributed by atoms with Crippen LogP contribution in [0, 0.1) is 13.8 Å². The molecule has 2 rings (SSSR count). The monoisotopic (exact) mass is 285 g/mol. The third-order valence-corrected chi connectivity index (χ3v) is 3.09. The fraction of sp³-hybridized carbons (Fsp3) is 0.250. The molecule has 0 aliphatic carbocycles. The predicted octanol–water partition coefficient (Wildman–Crippen LogP) is 2.97. The first kappa shape index (κ1) is 14.8. The second-order valence-electron chi connectivity index (χ2n) is 4.98. The Labute approximate surface area is 124 Å². The van der Waals surface area contributed by atoms with Crippen molar-refractivity contribution in [3.05, 3.63) is 47.3 Å². The van der Waals surface area contributed by atoms with E-state index in [2.05, 4.69) is 15.6 Å². The van der Waals surface area contributed by atoms with Crippen LogP contribution in [0.15, 0.2) is 30.3 Å². The average Bonchev–Trinajstić information content (AvgIpc) is 2.42. The van der Waals surface area contributed by atoms with Crippen molar-refractivity contribution in [2.45, 2.75) is 27.3 Å². The maximum Gasteiger partial charge on any atom is 0.221 e. The molecule has 1 aromatic heterocycles. The van der Waals surface area contributed by atoms with Gasteiger partial charge in [-0.3, -0.25) is 9.78 Å². The van der Waals surface area contributed by atoms with E-state index in [0.29, 0.717) is 12.2 Å². The number of anilines is 2. The predicted molar refractivity (Wildman–Crippen MR) is 83.4 cm³/mol. The highest BCUT2D eigenvalue weighted by atomic mass is 16.3. The number of hydrogen-bond acceptors (Lipinski definition) is 4. The second kappa shape index (κ2) is 6.26. The Kier molecular flexibility index (Phi) is 4.42. The number of aryl methyl sites for hydroxylation is 2. The van der Waals surface area contributed by atoms with Crippen LogP contribution < -0.4 is 10.6 Å². The molecule has 0 atom stereocenters. The van der Waals surface area contributed by atoms with Gasteiger partial charge in [0.05, 0.1) is 6.54 Å². The Morgan fingerprint density at radius 3 is 2.71 bits per heavy atom. The lowest BCUT2D eigenvalue weighted by Crippen LogP contribution is -2.08. The number of carbonyl (C=O) groups excluding carboxylic acids is 1. The van der Waals surface area contributed by atoms with E-state index in [0.717, 1.165) is 22.6 Å². The van der Waals surface area contributed by atoms with Gasteiger partial charge in [-0.25, -0.2) is 0 Å². The van der Waals surface area contributed by atoms with Crippen molar-refractivity contribution in [2.24, 2.45) is 0 Å². The lowest BCUT2D eigenvalue weighted by atomic mass is 10.1. The summed E-state index contributed by atoms with van der Waals surface area (Å²) in [4.78, 5) is 15.4. The van der Waals surface area contributed by atoms with E-state index in [1.165, 1.54) is 6.92 Å². The zero-order valence-electron chi connectivity index (χ0n) is 12.4. The number of aromatic hydroxyl groups is 1. The molecule has 0 unspecified atom stereocenters. The SMILES string of the molecule is CC(=O)Nc1ccc(C)c(NCc2nc(C)ccc2O)c1. The average molecular weight is 285 g/mol. The highest BCUT2D eigenvalue weighted by molar-refractivity contribution is 5.89. The quantitative estimate of drug-likeness (QED) is 0.807. The van der Waals surface area contributed by atoms with Crippen LogP contribution in [-0.2, 0) is 11.3 Å². The Balaban J connectivity index is 2.15. The van der Waals surface area contributed by atoms with Crippen molar-refractivity contribution in [3.8, 4) is 5.75 Å². The van der Waals surface area contributed by atoms with Gasteiger partial charge in [0, 0.05) is 24.0 Å². The van der Waals surface area contributed by atoms with Gasteiger partial charge in [0.1, 0.15) is 11.4 Å². The maximum absolute atomic E-state index is 11.1. The van der Waals surface area contributed by atoms with Crippen molar-refractivity contribution < 1.29 is 9.90 Å². The molecule has 21 heavy (non-hydrogen) atoms. The summed E-state index contributed by atoms with van der Waals surface area (Å²) < 4.78 is 0. The van der Waals surface area contributed by atoms with E-state index in [-0.39, 0.29) is 11.7 Å². The van der Waals surface area contributed by atoms with Gasteiger partial charge in [-0.1, -0.05) is 6.07 Å².